The van der Waals surface area contributed by atoms with Crippen molar-refractivity contribution < 1.29 is 42.1 Å². The van der Waals surface area contributed by atoms with Gasteiger partial charge in [0.25, 0.3) is 0 Å². The number of hydrogen-bond acceptors (Lipinski definition) is 7. The minimum absolute atomic E-state index is 0.0291. The minimum Gasteiger partial charge on any atom is -0.462 e. The third kappa shape index (κ3) is 61.3. The van der Waals surface area contributed by atoms with E-state index in [1.54, 1.807) is 0 Å². The average molecular weight is 1080 g/mol. The Morgan fingerprint density at radius 3 is 1.13 bits per heavy atom. The second kappa shape index (κ2) is 56.9. The van der Waals surface area contributed by atoms with E-state index in [-0.39, 0.29) is 32.0 Å². The molecule has 0 fully saturated rings. The Morgan fingerprint density at radius 2 is 0.760 bits per heavy atom. The molecule has 10 heteroatoms. The van der Waals surface area contributed by atoms with E-state index in [4.69, 9.17) is 18.5 Å². The predicted molar refractivity (Wildman–Crippen MR) is 321 cm³/mol. The molecule has 0 amide bonds. The summed E-state index contributed by atoms with van der Waals surface area (Å²) in [5.74, 6) is -0.805. The molecule has 0 saturated heterocycles. The van der Waals surface area contributed by atoms with Gasteiger partial charge in [0.2, 0.25) is 0 Å². The Balaban J connectivity index is 3.89. The third-order valence-corrected chi connectivity index (χ3v) is 15.4. The predicted octanol–water partition coefficient (Wildman–Crippen LogP) is 20.3. The van der Waals surface area contributed by atoms with Gasteiger partial charge in [-0.25, -0.2) is 4.57 Å². The lowest BCUT2D eigenvalue weighted by molar-refractivity contribution is -0.870. The fourth-order valence-electron chi connectivity index (χ4n) is 9.51. The number of ether oxygens (including phenoxy) is 2. The van der Waals surface area contributed by atoms with Crippen LogP contribution in [0.3, 0.4) is 0 Å². The number of likely N-dealkylation sites (N-methyl/N-ethyl adjacent to an activating group) is 1. The van der Waals surface area contributed by atoms with Gasteiger partial charge in [-0.1, -0.05) is 294 Å². The molecule has 1 N–H and O–H groups in total. The first-order valence-electron chi connectivity index (χ1n) is 32.2. The molecule has 2 atom stereocenters. The van der Waals surface area contributed by atoms with E-state index < -0.39 is 26.5 Å². The van der Waals surface area contributed by atoms with Crippen LogP contribution >= 0.6 is 7.82 Å². The Hall–Kier alpha value is -1.77. The Bertz CT molecular complexity index is 1360. The number of carbonyl (C=O) groups is 2. The van der Waals surface area contributed by atoms with Gasteiger partial charge in [0, 0.05) is 12.8 Å². The van der Waals surface area contributed by atoms with Crippen LogP contribution in [0.25, 0.3) is 0 Å². The monoisotopic (exact) mass is 1080 g/mol. The van der Waals surface area contributed by atoms with Gasteiger partial charge < -0.3 is 18.9 Å². The van der Waals surface area contributed by atoms with E-state index in [1.807, 2.05) is 21.1 Å². The van der Waals surface area contributed by atoms with E-state index in [0.717, 1.165) is 70.6 Å². The van der Waals surface area contributed by atoms with Gasteiger partial charge in [-0.2, -0.15) is 0 Å². The van der Waals surface area contributed by atoms with Crippen LogP contribution in [-0.2, 0) is 32.7 Å². The van der Waals surface area contributed by atoms with Crippen molar-refractivity contribution in [3.63, 3.8) is 0 Å². The Labute approximate surface area is 465 Å². The van der Waals surface area contributed by atoms with Crippen molar-refractivity contribution in [2.45, 2.75) is 322 Å². The van der Waals surface area contributed by atoms with Crippen LogP contribution in [0.4, 0.5) is 0 Å². The van der Waals surface area contributed by atoms with Crippen LogP contribution in [0.15, 0.2) is 36.5 Å². The standard InChI is InChI=1S/C65H124NO8P/c1-6-8-10-12-14-16-18-20-22-23-24-25-26-27-28-29-30-31-32-33-34-35-36-37-38-39-40-41-42-44-45-47-49-51-53-55-57-64(67)71-61-63(62-73-75(69,70)72-60-59-66(3,4)5)74-65(68)58-56-54-52-50-48-46-43-21-19-17-15-13-11-9-7-2/h9,11,15,17,21,43,63H,6-8,10,12-14,16,18-20,22-42,44-62H2,1-5H3/p+1/b11-9-,17-15-,43-21-. The van der Waals surface area contributed by atoms with Crippen LogP contribution in [-0.4, -0.2) is 74.9 Å². The van der Waals surface area contributed by atoms with E-state index in [0.29, 0.717) is 17.4 Å². The van der Waals surface area contributed by atoms with Gasteiger partial charge in [-0.15, -0.1) is 0 Å². The Kier molecular flexibility index (Phi) is 55.6. The molecule has 0 bridgehead atoms. The number of unbranched alkanes of at least 4 members (excludes halogenated alkanes) is 40. The van der Waals surface area contributed by atoms with Gasteiger partial charge in [0.1, 0.15) is 19.8 Å². The number of esters is 2. The van der Waals surface area contributed by atoms with E-state index >= 15 is 0 Å². The first-order valence-corrected chi connectivity index (χ1v) is 33.7. The molecule has 0 aliphatic rings. The summed E-state index contributed by atoms with van der Waals surface area (Å²) in [4.78, 5) is 35.7. The van der Waals surface area contributed by atoms with E-state index in [9.17, 15) is 19.0 Å². The number of nitrogens with zero attached hydrogens (tertiary/aromatic N) is 1. The number of allylic oxidation sites excluding steroid dienone is 6. The van der Waals surface area contributed by atoms with Gasteiger partial charge in [-0.05, 0) is 44.9 Å². The molecule has 2 unspecified atom stereocenters. The first-order chi connectivity index (χ1) is 36.5. The molecule has 0 rings (SSSR count). The van der Waals surface area contributed by atoms with Gasteiger partial charge in [-0.3, -0.25) is 18.6 Å². The van der Waals surface area contributed by atoms with Gasteiger partial charge >= 0.3 is 19.8 Å². The highest BCUT2D eigenvalue weighted by molar-refractivity contribution is 7.47. The normalized spacial score (nSPS) is 13.4. The third-order valence-electron chi connectivity index (χ3n) is 14.4. The number of carbonyl (C=O) groups excluding carboxylic acids is 2. The summed E-state index contributed by atoms with van der Waals surface area (Å²) >= 11 is 0. The molecule has 9 nitrogen and oxygen atoms in total. The molecule has 0 aromatic carbocycles. The molecule has 0 spiro atoms. The van der Waals surface area contributed by atoms with Crippen molar-refractivity contribution in [2.75, 3.05) is 47.5 Å². The summed E-state index contributed by atoms with van der Waals surface area (Å²) in [6.07, 6.45) is 71.3. The van der Waals surface area contributed by atoms with Crippen LogP contribution in [0.1, 0.15) is 316 Å². The van der Waals surface area contributed by atoms with Crippen molar-refractivity contribution in [1.29, 1.82) is 0 Å². The van der Waals surface area contributed by atoms with Crippen molar-refractivity contribution >= 4 is 19.8 Å². The van der Waals surface area contributed by atoms with Crippen molar-refractivity contribution in [2.24, 2.45) is 0 Å². The minimum atomic E-state index is -4.39. The largest absolute Gasteiger partial charge is 0.472 e. The lowest BCUT2D eigenvalue weighted by Gasteiger charge is -2.24. The molecule has 0 aliphatic heterocycles. The zero-order valence-electron chi connectivity index (χ0n) is 50.3. The van der Waals surface area contributed by atoms with E-state index in [2.05, 4.69) is 50.3 Å². The summed E-state index contributed by atoms with van der Waals surface area (Å²) in [5, 5.41) is 0. The number of hydrogen-bond donors (Lipinski definition) is 1. The summed E-state index contributed by atoms with van der Waals surface area (Å²) in [5.41, 5.74) is 0. The number of phosphoric ester groups is 1. The zero-order chi connectivity index (χ0) is 54.9. The summed E-state index contributed by atoms with van der Waals surface area (Å²) in [7, 11) is 1.47. The second-order valence-electron chi connectivity index (χ2n) is 23.1. The molecule has 0 aromatic rings. The molecule has 0 aliphatic carbocycles. The van der Waals surface area contributed by atoms with Crippen molar-refractivity contribution in [1.82, 2.24) is 0 Å². The number of quaternary nitrogens is 1. The molecule has 0 aromatic heterocycles. The topological polar surface area (TPSA) is 108 Å². The maximum absolute atomic E-state index is 12.8. The molecular weight excluding hydrogens is 954 g/mol. The SMILES string of the molecule is CC/C=C\C/C=C\C/C=C\CCCCCCCC(=O)OC(COC(=O)CCCCCCCCCCCCCCCCCCCCCCCCCCCCCCCCCCCCCC)COP(=O)(O)OCC[N+](C)(C)C. The zero-order valence-corrected chi connectivity index (χ0v) is 51.2. The maximum atomic E-state index is 12.8. The smallest absolute Gasteiger partial charge is 0.462 e. The summed E-state index contributed by atoms with van der Waals surface area (Å²) in [6.45, 7) is 4.34. The highest BCUT2D eigenvalue weighted by atomic mass is 31.2. The van der Waals surface area contributed by atoms with Crippen LogP contribution in [0, 0.1) is 0 Å². The van der Waals surface area contributed by atoms with E-state index in [1.165, 1.54) is 212 Å². The number of rotatable bonds is 60. The quantitative estimate of drug-likeness (QED) is 0.0211. The highest BCUT2D eigenvalue weighted by Gasteiger charge is 2.27. The van der Waals surface area contributed by atoms with Crippen LogP contribution < -0.4 is 0 Å². The summed E-state index contributed by atoms with van der Waals surface area (Å²) < 4.78 is 34.5. The molecular formula is C65H125NO8P+. The Morgan fingerprint density at radius 1 is 0.427 bits per heavy atom. The average Bonchev–Trinajstić information content (AvgIpc) is 3.37. The first kappa shape index (κ1) is 73.2. The fourth-order valence-corrected chi connectivity index (χ4v) is 10.2. The second-order valence-corrected chi connectivity index (χ2v) is 24.6. The van der Waals surface area contributed by atoms with Crippen molar-refractivity contribution in [3.8, 4) is 0 Å². The summed E-state index contributed by atoms with van der Waals surface area (Å²) in [6, 6.07) is 0. The lowest BCUT2D eigenvalue weighted by atomic mass is 10.0. The molecule has 0 radical (unpaired) electrons. The van der Waals surface area contributed by atoms with Gasteiger partial charge in [0.05, 0.1) is 27.7 Å². The molecule has 442 valence electrons. The van der Waals surface area contributed by atoms with Crippen LogP contribution in [0.2, 0.25) is 0 Å². The molecule has 75 heavy (non-hydrogen) atoms. The molecule has 0 heterocycles. The maximum Gasteiger partial charge on any atom is 0.472 e. The van der Waals surface area contributed by atoms with Gasteiger partial charge in [0.15, 0.2) is 6.10 Å². The highest BCUT2D eigenvalue weighted by Crippen LogP contribution is 2.43. The fraction of sp³-hybridized carbons (Fsp3) is 0.877. The number of phosphoric acid groups is 1. The van der Waals surface area contributed by atoms with Crippen LogP contribution in [0.5, 0.6) is 0 Å². The lowest BCUT2D eigenvalue weighted by Crippen LogP contribution is -2.37. The molecule has 0 saturated carbocycles. The van der Waals surface area contributed by atoms with Crippen molar-refractivity contribution in [3.05, 3.63) is 36.5 Å².